The van der Waals surface area contributed by atoms with Crippen molar-refractivity contribution in [2.24, 2.45) is 0 Å². The van der Waals surface area contributed by atoms with E-state index in [4.69, 9.17) is 23.8 Å². The van der Waals surface area contributed by atoms with Crippen LogP contribution in [0.5, 0.6) is 0 Å². The smallest absolute Gasteiger partial charge is 0.226 e. The lowest BCUT2D eigenvalue weighted by Crippen LogP contribution is -2.15. The molecule has 0 aliphatic rings. The number of nitrogens with zero attached hydrogens (tertiary/aromatic N) is 2. The molecule has 0 fully saturated rings. The van der Waals surface area contributed by atoms with E-state index in [0.717, 1.165) is 22.0 Å². The van der Waals surface area contributed by atoms with Crippen LogP contribution in [0.1, 0.15) is 12.0 Å². The highest BCUT2D eigenvalue weighted by Gasteiger charge is 2.12. The van der Waals surface area contributed by atoms with Gasteiger partial charge >= 0.3 is 0 Å². The summed E-state index contributed by atoms with van der Waals surface area (Å²) < 4.78 is 2.33. The number of halogens is 1. The van der Waals surface area contributed by atoms with Crippen molar-refractivity contribution in [1.29, 1.82) is 0 Å². The Labute approximate surface area is 193 Å². The molecule has 2 aromatic heterocycles. The van der Waals surface area contributed by atoms with E-state index in [-0.39, 0.29) is 12.3 Å². The van der Waals surface area contributed by atoms with Crippen LogP contribution in [0.3, 0.4) is 0 Å². The number of rotatable bonds is 8. The molecule has 0 aliphatic carbocycles. The standard InChI is InChI=1S/C22H20ClN5OS2/c23-17-13-16(8-9-18(17)24-14-15-5-2-1-3-6-15)25-20(29)10-11-28-21(26-27-22(28)30)19-7-4-12-31-19/h1-9,12-13,24H,10-11,14H2,(H,25,29)(H,27,30). The van der Waals surface area contributed by atoms with E-state index in [1.54, 1.807) is 17.4 Å². The van der Waals surface area contributed by atoms with Crippen molar-refractivity contribution in [3.05, 3.63) is 81.4 Å². The second-order valence-corrected chi connectivity index (χ2v) is 8.55. The van der Waals surface area contributed by atoms with Gasteiger partial charge in [-0.1, -0.05) is 48.0 Å². The molecule has 158 valence electrons. The van der Waals surface area contributed by atoms with Crippen LogP contribution in [0.15, 0.2) is 66.0 Å². The zero-order valence-electron chi connectivity index (χ0n) is 16.5. The summed E-state index contributed by atoms with van der Waals surface area (Å²) in [6, 6.07) is 19.4. The van der Waals surface area contributed by atoms with Crippen LogP contribution in [0.2, 0.25) is 5.02 Å². The summed E-state index contributed by atoms with van der Waals surface area (Å²) in [5, 5.41) is 15.8. The molecule has 0 atom stereocenters. The molecule has 0 aliphatic heterocycles. The Morgan fingerprint density at radius 2 is 2.00 bits per heavy atom. The molecular formula is C22H20ClN5OS2. The minimum absolute atomic E-state index is 0.124. The molecule has 9 heteroatoms. The molecule has 0 unspecified atom stereocenters. The van der Waals surface area contributed by atoms with Gasteiger partial charge in [-0.05, 0) is 47.4 Å². The molecule has 2 heterocycles. The number of hydrogen-bond acceptors (Lipinski definition) is 5. The summed E-state index contributed by atoms with van der Waals surface area (Å²) in [5.74, 6) is 0.617. The first-order valence-corrected chi connectivity index (χ1v) is 11.3. The van der Waals surface area contributed by atoms with Gasteiger partial charge in [0.2, 0.25) is 5.91 Å². The predicted octanol–water partition coefficient (Wildman–Crippen LogP) is 5.96. The molecule has 6 nitrogen and oxygen atoms in total. The van der Waals surface area contributed by atoms with Crippen LogP contribution < -0.4 is 10.6 Å². The maximum Gasteiger partial charge on any atom is 0.226 e. The fourth-order valence-corrected chi connectivity index (χ4v) is 4.28. The van der Waals surface area contributed by atoms with Gasteiger partial charge in [-0.3, -0.25) is 14.5 Å². The number of aromatic nitrogens is 3. The second kappa shape index (κ2) is 9.91. The van der Waals surface area contributed by atoms with Crippen LogP contribution in [-0.2, 0) is 17.9 Å². The first kappa shape index (κ1) is 21.3. The third kappa shape index (κ3) is 5.41. The third-order valence-electron chi connectivity index (χ3n) is 4.64. The fraction of sp³-hybridized carbons (Fsp3) is 0.136. The average molecular weight is 470 g/mol. The number of aromatic amines is 1. The lowest BCUT2D eigenvalue weighted by Gasteiger charge is -2.11. The molecule has 4 rings (SSSR count). The molecule has 4 aromatic rings. The summed E-state index contributed by atoms with van der Waals surface area (Å²) in [4.78, 5) is 13.5. The quantitative estimate of drug-likeness (QED) is 0.278. The molecule has 0 saturated carbocycles. The van der Waals surface area contributed by atoms with Gasteiger partial charge in [-0.15, -0.1) is 11.3 Å². The van der Waals surface area contributed by atoms with Gasteiger partial charge in [0.05, 0.1) is 15.6 Å². The summed E-state index contributed by atoms with van der Waals surface area (Å²) in [6.07, 6.45) is 0.262. The molecule has 31 heavy (non-hydrogen) atoms. The van der Waals surface area contributed by atoms with Crippen molar-refractivity contribution < 1.29 is 4.79 Å². The highest BCUT2D eigenvalue weighted by molar-refractivity contribution is 7.71. The molecule has 3 N–H and O–H groups in total. The van der Waals surface area contributed by atoms with E-state index in [1.807, 2.05) is 64.5 Å². The zero-order valence-corrected chi connectivity index (χ0v) is 18.9. The normalized spacial score (nSPS) is 10.7. The van der Waals surface area contributed by atoms with E-state index < -0.39 is 0 Å². The second-order valence-electron chi connectivity index (χ2n) is 6.81. The van der Waals surface area contributed by atoms with Gasteiger partial charge in [0.1, 0.15) is 0 Å². The molecule has 1 amide bonds. The number of carbonyl (C=O) groups is 1. The number of amides is 1. The van der Waals surface area contributed by atoms with Crippen LogP contribution in [-0.4, -0.2) is 20.7 Å². The summed E-state index contributed by atoms with van der Waals surface area (Å²) in [7, 11) is 0. The highest BCUT2D eigenvalue weighted by atomic mass is 35.5. The molecule has 0 spiro atoms. The van der Waals surface area contributed by atoms with Gasteiger partial charge in [0.25, 0.3) is 0 Å². The summed E-state index contributed by atoms with van der Waals surface area (Å²) in [6.45, 7) is 1.10. The number of nitrogens with one attached hydrogen (secondary N) is 3. The van der Waals surface area contributed by atoms with E-state index in [2.05, 4.69) is 20.8 Å². The minimum Gasteiger partial charge on any atom is -0.380 e. The molecule has 0 radical (unpaired) electrons. The van der Waals surface area contributed by atoms with Crippen molar-refractivity contribution in [3.63, 3.8) is 0 Å². The predicted molar refractivity (Wildman–Crippen MR) is 129 cm³/mol. The Morgan fingerprint density at radius 1 is 1.16 bits per heavy atom. The number of anilines is 2. The van der Waals surface area contributed by atoms with Gasteiger partial charge in [0.15, 0.2) is 10.6 Å². The minimum atomic E-state index is -0.124. The van der Waals surface area contributed by atoms with Gasteiger partial charge in [-0.2, -0.15) is 5.10 Å². The topological polar surface area (TPSA) is 74.7 Å². The number of hydrogen-bond donors (Lipinski definition) is 3. The maximum absolute atomic E-state index is 12.5. The maximum atomic E-state index is 12.5. The zero-order chi connectivity index (χ0) is 21.6. The highest BCUT2D eigenvalue weighted by Crippen LogP contribution is 2.26. The number of benzene rings is 2. The Hall–Kier alpha value is -2.94. The Bertz CT molecular complexity index is 1220. The van der Waals surface area contributed by atoms with E-state index in [1.165, 1.54) is 0 Å². The van der Waals surface area contributed by atoms with E-state index in [0.29, 0.717) is 28.6 Å². The van der Waals surface area contributed by atoms with Gasteiger partial charge in [-0.25, -0.2) is 0 Å². The van der Waals surface area contributed by atoms with Crippen LogP contribution in [0.25, 0.3) is 10.7 Å². The Morgan fingerprint density at radius 3 is 2.74 bits per heavy atom. The number of H-pyrrole nitrogens is 1. The third-order valence-corrected chi connectivity index (χ3v) is 6.13. The molecule has 0 bridgehead atoms. The largest absolute Gasteiger partial charge is 0.380 e. The molecule has 0 saturated heterocycles. The lowest BCUT2D eigenvalue weighted by atomic mass is 10.2. The average Bonchev–Trinajstić information content (AvgIpc) is 3.42. The van der Waals surface area contributed by atoms with Crippen molar-refractivity contribution in [2.75, 3.05) is 10.6 Å². The van der Waals surface area contributed by atoms with Crippen molar-refractivity contribution in [1.82, 2.24) is 14.8 Å². The van der Waals surface area contributed by atoms with Crippen molar-refractivity contribution in [3.8, 4) is 10.7 Å². The van der Waals surface area contributed by atoms with Gasteiger partial charge < -0.3 is 10.6 Å². The summed E-state index contributed by atoms with van der Waals surface area (Å²) in [5.41, 5.74) is 2.62. The fourth-order valence-electron chi connectivity index (χ4n) is 3.09. The SMILES string of the molecule is O=C(CCn1c(-c2cccs2)n[nH]c1=S)Nc1ccc(NCc2ccccc2)c(Cl)c1. The molecular weight excluding hydrogens is 450 g/mol. The van der Waals surface area contributed by atoms with Crippen LogP contribution in [0, 0.1) is 4.77 Å². The van der Waals surface area contributed by atoms with Gasteiger partial charge in [0, 0.05) is 25.2 Å². The van der Waals surface area contributed by atoms with Crippen LogP contribution in [0.4, 0.5) is 11.4 Å². The number of thiophene rings is 1. The Kier molecular flexibility index (Phi) is 6.81. The first-order valence-electron chi connectivity index (χ1n) is 9.66. The first-order chi connectivity index (χ1) is 15.1. The van der Waals surface area contributed by atoms with Crippen molar-refractivity contribution >= 4 is 52.4 Å². The monoisotopic (exact) mass is 469 g/mol. The number of carbonyl (C=O) groups excluding carboxylic acids is 1. The van der Waals surface area contributed by atoms with E-state index >= 15 is 0 Å². The summed E-state index contributed by atoms with van der Waals surface area (Å²) >= 11 is 13.3. The molecule has 2 aromatic carbocycles. The Balaban J connectivity index is 1.35. The van der Waals surface area contributed by atoms with Crippen LogP contribution >= 0.6 is 35.2 Å². The van der Waals surface area contributed by atoms with E-state index in [9.17, 15) is 4.79 Å². The lowest BCUT2D eigenvalue weighted by molar-refractivity contribution is -0.116. The van der Waals surface area contributed by atoms with Crippen molar-refractivity contribution in [2.45, 2.75) is 19.5 Å².